The molecule has 0 unspecified atom stereocenters. The Bertz CT molecular complexity index is 811. The van der Waals surface area contributed by atoms with Crippen molar-refractivity contribution in [1.29, 1.82) is 0 Å². The Morgan fingerprint density at radius 1 is 1.24 bits per heavy atom. The minimum Gasteiger partial charge on any atom is -0.478 e. The van der Waals surface area contributed by atoms with Gasteiger partial charge in [0.2, 0.25) is 0 Å². The van der Waals surface area contributed by atoms with Gasteiger partial charge in [-0.15, -0.1) is 0 Å². The molecule has 1 N–H and O–H groups in total. The van der Waals surface area contributed by atoms with E-state index in [2.05, 4.69) is 4.98 Å². The molecule has 3 aromatic rings. The zero-order valence-corrected chi connectivity index (χ0v) is 11.2. The van der Waals surface area contributed by atoms with E-state index in [1.807, 2.05) is 10.6 Å². The van der Waals surface area contributed by atoms with E-state index in [9.17, 15) is 9.18 Å². The van der Waals surface area contributed by atoms with E-state index in [-0.39, 0.29) is 11.4 Å². The molecule has 0 aliphatic carbocycles. The maximum absolute atomic E-state index is 13.6. The maximum atomic E-state index is 13.6. The Balaban J connectivity index is 1.85. The lowest BCUT2D eigenvalue weighted by Crippen LogP contribution is -2.02. The lowest BCUT2D eigenvalue weighted by Gasteiger charge is -2.05. The van der Waals surface area contributed by atoms with Gasteiger partial charge in [-0.1, -0.05) is 18.2 Å². The molecule has 3 rings (SSSR count). The number of aromatic nitrogens is 2. The van der Waals surface area contributed by atoms with Crippen molar-refractivity contribution >= 4 is 17.0 Å². The molecule has 0 spiro atoms. The molecule has 4 nitrogen and oxygen atoms in total. The van der Waals surface area contributed by atoms with Crippen LogP contribution in [-0.2, 0) is 13.0 Å². The zero-order chi connectivity index (χ0) is 14.8. The van der Waals surface area contributed by atoms with E-state index < -0.39 is 5.97 Å². The molecule has 106 valence electrons. The van der Waals surface area contributed by atoms with Crippen molar-refractivity contribution in [3.8, 4) is 0 Å². The van der Waals surface area contributed by atoms with Crippen LogP contribution in [-0.4, -0.2) is 20.6 Å². The second kappa shape index (κ2) is 5.36. The molecule has 2 aromatic carbocycles. The van der Waals surface area contributed by atoms with Gasteiger partial charge in [-0.3, -0.25) is 0 Å². The summed E-state index contributed by atoms with van der Waals surface area (Å²) in [6.45, 7) is 0.587. The predicted octanol–water partition coefficient (Wildman–Crippen LogP) is 3.12. The molecule has 0 radical (unpaired) electrons. The number of hydrogen-bond donors (Lipinski definition) is 1. The highest BCUT2D eigenvalue weighted by atomic mass is 19.1. The topological polar surface area (TPSA) is 55.1 Å². The fraction of sp³-hybridized carbons (Fsp3) is 0.125. The van der Waals surface area contributed by atoms with Crippen molar-refractivity contribution in [2.75, 3.05) is 0 Å². The fourth-order valence-electron chi connectivity index (χ4n) is 2.32. The first-order valence-corrected chi connectivity index (χ1v) is 6.57. The average Bonchev–Trinajstić information content (AvgIpc) is 2.88. The van der Waals surface area contributed by atoms with Gasteiger partial charge in [-0.25, -0.2) is 14.2 Å². The molecule has 0 amide bonds. The van der Waals surface area contributed by atoms with E-state index in [1.165, 1.54) is 12.1 Å². The molecule has 0 bridgehead atoms. The summed E-state index contributed by atoms with van der Waals surface area (Å²) in [5, 5.41) is 8.96. The van der Waals surface area contributed by atoms with Gasteiger partial charge in [0.1, 0.15) is 5.82 Å². The van der Waals surface area contributed by atoms with E-state index in [1.54, 1.807) is 30.6 Å². The average molecular weight is 284 g/mol. The first kappa shape index (κ1) is 13.3. The van der Waals surface area contributed by atoms with Crippen LogP contribution in [0.3, 0.4) is 0 Å². The molecule has 0 atom stereocenters. The molecule has 1 heterocycles. The van der Waals surface area contributed by atoms with Crippen LogP contribution in [0, 0.1) is 5.82 Å². The number of nitrogens with zero attached hydrogens (tertiary/aromatic N) is 2. The fourth-order valence-corrected chi connectivity index (χ4v) is 2.32. The number of carboxylic acids is 1. The number of aryl methyl sites for hydroxylation is 2. The normalized spacial score (nSPS) is 10.9. The van der Waals surface area contributed by atoms with Crippen LogP contribution in [0.4, 0.5) is 4.39 Å². The van der Waals surface area contributed by atoms with Crippen molar-refractivity contribution in [3.05, 3.63) is 65.7 Å². The molecule has 0 fully saturated rings. The molecule has 1 aromatic heterocycles. The van der Waals surface area contributed by atoms with Gasteiger partial charge in [0.15, 0.2) is 0 Å². The van der Waals surface area contributed by atoms with Gasteiger partial charge in [0.25, 0.3) is 0 Å². The Kier molecular flexibility index (Phi) is 3.39. The second-order valence-corrected chi connectivity index (χ2v) is 4.79. The van der Waals surface area contributed by atoms with Crippen LogP contribution in [0.25, 0.3) is 11.0 Å². The molecule has 0 aliphatic heterocycles. The lowest BCUT2D eigenvalue weighted by atomic mass is 10.1. The summed E-state index contributed by atoms with van der Waals surface area (Å²) in [5.41, 5.74) is 2.34. The number of imidazole rings is 1. The number of carbonyl (C=O) groups is 1. The molecule has 0 aliphatic rings. The maximum Gasteiger partial charge on any atom is 0.335 e. The lowest BCUT2D eigenvalue weighted by molar-refractivity contribution is 0.0697. The standard InChI is InChI=1S/C16H13FN2O2/c17-13-4-2-1-3-11(13)7-8-19-10-18-14-9-12(16(20)21)5-6-15(14)19/h1-6,9-10H,7-8H2,(H,20,21). The smallest absolute Gasteiger partial charge is 0.335 e. The first-order valence-electron chi connectivity index (χ1n) is 6.57. The molecular weight excluding hydrogens is 271 g/mol. The summed E-state index contributed by atoms with van der Waals surface area (Å²) in [4.78, 5) is 15.1. The van der Waals surface area contributed by atoms with E-state index >= 15 is 0 Å². The summed E-state index contributed by atoms with van der Waals surface area (Å²) in [6.07, 6.45) is 2.20. The number of aromatic carboxylic acids is 1. The van der Waals surface area contributed by atoms with Gasteiger partial charge >= 0.3 is 5.97 Å². The number of fused-ring (bicyclic) bond motifs is 1. The third kappa shape index (κ3) is 2.63. The molecule has 5 heteroatoms. The SMILES string of the molecule is O=C(O)c1ccc2c(c1)ncn2CCc1ccccc1F. The second-order valence-electron chi connectivity index (χ2n) is 4.79. The third-order valence-electron chi connectivity index (χ3n) is 3.45. The Morgan fingerprint density at radius 2 is 2.05 bits per heavy atom. The van der Waals surface area contributed by atoms with Gasteiger partial charge in [-0.05, 0) is 36.2 Å². The largest absolute Gasteiger partial charge is 0.478 e. The van der Waals surface area contributed by atoms with Crippen molar-refractivity contribution in [2.45, 2.75) is 13.0 Å². The summed E-state index contributed by atoms with van der Waals surface area (Å²) in [6, 6.07) is 11.5. The minimum absolute atomic E-state index is 0.210. The van der Waals surface area contributed by atoms with Gasteiger partial charge < -0.3 is 9.67 Å². The molecular formula is C16H13FN2O2. The van der Waals surface area contributed by atoms with Crippen LogP contribution >= 0.6 is 0 Å². The molecule has 0 saturated heterocycles. The third-order valence-corrected chi connectivity index (χ3v) is 3.45. The Morgan fingerprint density at radius 3 is 2.81 bits per heavy atom. The van der Waals surface area contributed by atoms with Crippen molar-refractivity contribution in [2.24, 2.45) is 0 Å². The number of rotatable bonds is 4. The van der Waals surface area contributed by atoms with Crippen molar-refractivity contribution < 1.29 is 14.3 Å². The minimum atomic E-state index is -0.974. The summed E-state index contributed by atoms with van der Waals surface area (Å²) < 4.78 is 15.5. The number of carboxylic acid groups (broad SMARTS) is 1. The molecule has 0 saturated carbocycles. The van der Waals surface area contributed by atoms with Crippen LogP contribution in [0.15, 0.2) is 48.8 Å². The predicted molar refractivity (Wildman–Crippen MR) is 76.8 cm³/mol. The molecule has 21 heavy (non-hydrogen) atoms. The quantitative estimate of drug-likeness (QED) is 0.801. The summed E-state index contributed by atoms with van der Waals surface area (Å²) in [5.74, 6) is -1.19. The van der Waals surface area contributed by atoms with Gasteiger partial charge in [0.05, 0.1) is 22.9 Å². The number of halogens is 1. The van der Waals surface area contributed by atoms with E-state index in [0.29, 0.717) is 24.0 Å². The monoisotopic (exact) mass is 284 g/mol. The Hall–Kier alpha value is -2.69. The number of benzene rings is 2. The highest BCUT2D eigenvalue weighted by Crippen LogP contribution is 2.16. The van der Waals surface area contributed by atoms with Crippen LogP contribution in [0.2, 0.25) is 0 Å². The van der Waals surface area contributed by atoms with Crippen molar-refractivity contribution in [3.63, 3.8) is 0 Å². The van der Waals surface area contributed by atoms with Gasteiger partial charge in [0, 0.05) is 6.54 Å². The zero-order valence-electron chi connectivity index (χ0n) is 11.2. The van der Waals surface area contributed by atoms with Crippen LogP contribution in [0.5, 0.6) is 0 Å². The summed E-state index contributed by atoms with van der Waals surface area (Å²) in [7, 11) is 0. The highest BCUT2D eigenvalue weighted by Gasteiger charge is 2.08. The summed E-state index contributed by atoms with van der Waals surface area (Å²) >= 11 is 0. The Labute approximate surface area is 120 Å². The number of hydrogen-bond acceptors (Lipinski definition) is 2. The van der Waals surface area contributed by atoms with E-state index in [4.69, 9.17) is 5.11 Å². The van der Waals surface area contributed by atoms with Gasteiger partial charge in [-0.2, -0.15) is 0 Å². The van der Waals surface area contributed by atoms with Crippen LogP contribution < -0.4 is 0 Å². The first-order chi connectivity index (χ1) is 10.1. The van der Waals surface area contributed by atoms with Crippen molar-refractivity contribution in [1.82, 2.24) is 9.55 Å². The van der Waals surface area contributed by atoms with Crippen LogP contribution in [0.1, 0.15) is 15.9 Å². The highest BCUT2D eigenvalue weighted by molar-refractivity contribution is 5.92. The van der Waals surface area contributed by atoms with E-state index in [0.717, 1.165) is 5.52 Å².